The van der Waals surface area contributed by atoms with Crippen molar-refractivity contribution in [1.29, 1.82) is 0 Å². The number of nitrogens with two attached hydrogens (primary N) is 2. The molecule has 0 aromatic carbocycles. The summed E-state index contributed by atoms with van der Waals surface area (Å²) in [5.74, 6) is 0.554. The monoisotopic (exact) mass is 249 g/mol. The summed E-state index contributed by atoms with van der Waals surface area (Å²) in [5, 5.41) is 3.39. The highest BCUT2D eigenvalue weighted by atomic mass is 15.1. The van der Waals surface area contributed by atoms with Crippen molar-refractivity contribution in [2.75, 3.05) is 6.54 Å². The molecule has 3 heteroatoms. The molecular weight excluding hydrogens is 222 g/mol. The summed E-state index contributed by atoms with van der Waals surface area (Å²) in [5.41, 5.74) is 15.4. The summed E-state index contributed by atoms with van der Waals surface area (Å²) < 4.78 is 0. The van der Waals surface area contributed by atoms with Gasteiger partial charge in [0, 0.05) is 12.6 Å². The normalized spacial score (nSPS) is 29.3. The first kappa shape index (κ1) is 15.2. The SMILES string of the molecule is CCC(C)/C=C1C=C(/C=C(/C)CN)C(C)N[C@H]/1N. The molecule has 1 rings (SSSR count). The van der Waals surface area contributed by atoms with E-state index in [1.165, 1.54) is 16.7 Å². The fraction of sp³-hybridized carbons (Fsp3) is 0.600. The van der Waals surface area contributed by atoms with Gasteiger partial charge in [-0.15, -0.1) is 0 Å². The molecule has 0 amide bonds. The fourth-order valence-corrected chi connectivity index (χ4v) is 1.98. The van der Waals surface area contributed by atoms with Gasteiger partial charge >= 0.3 is 0 Å². The van der Waals surface area contributed by atoms with Crippen molar-refractivity contribution in [3.05, 3.63) is 34.9 Å². The zero-order valence-corrected chi connectivity index (χ0v) is 12.0. The Morgan fingerprint density at radius 1 is 1.56 bits per heavy atom. The van der Waals surface area contributed by atoms with E-state index >= 15 is 0 Å². The molecule has 5 N–H and O–H groups in total. The van der Waals surface area contributed by atoms with Gasteiger partial charge in [-0.2, -0.15) is 0 Å². The third-order valence-electron chi connectivity index (χ3n) is 3.48. The lowest BCUT2D eigenvalue weighted by molar-refractivity contribution is 0.521. The molecule has 1 aliphatic heterocycles. The second kappa shape index (κ2) is 6.88. The topological polar surface area (TPSA) is 64.1 Å². The molecule has 0 aliphatic carbocycles. The lowest BCUT2D eigenvalue weighted by Gasteiger charge is -2.29. The van der Waals surface area contributed by atoms with E-state index in [0.29, 0.717) is 12.5 Å². The Bertz CT molecular complexity index is 366. The first-order valence-corrected chi connectivity index (χ1v) is 6.80. The largest absolute Gasteiger partial charge is 0.327 e. The number of nitrogens with one attached hydrogen (secondary N) is 1. The Kier molecular flexibility index (Phi) is 5.79. The molecule has 0 saturated heterocycles. The first-order chi connectivity index (χ1) is 8.47. The van der Waals surface area contributed by atoms with Crippen LogP contribution in [0.15, 0.2) is 34.9 Å². The molecule has 2 unspecified atom stereocenters. The zero-order valence-electron chi connectivity index (χ0n) is 12.0. The zero-order chi connectivity index (χ0) is 13.7. The highest BCUT2D eigenvalue weighted by molar-refractivity contribution is 5.40. The number of hydrogen-bond acceptors (Lipinski definition) is 3. The first-order valence-electron chi connectivity index (χ1n) is 6.80. The standard InChI is InChI=1S/C15H27N3/c1-5-10(2)6-14-8-13(7-11(3)9-16)12(4)18-15(14)17/h6-8,10,12,15,18H,5,9,16-17H2,1-4H3/b11-7-,14-6-/t10?,12?,15-/m1/s1. The molecule has 102 valence electrons. The Morgan fingerprint density at radius 3 is 2.78 bits per heavy atom. The summed E-state index contributed by atoms with van der Waals surface area (Å²) in [6.07, 6.45) is 7.69. The summed E-state index contributed by atoms with van der Waals surface area (Å²) in [7, 11) is 0. The van der Waals surface area contributed by atoms with E-state index in [9.17, 15) is 0 Å². The van der Waals surface area contributed by atoms with Gasteiger partial charge in [-0.05, 0) is 30.9 Å². The Labute approximate surface area is 111 Å². The maximum atomic E-state index is 6.13. The van der Waals surface area contributed by atoms with E-state index in [1.807, 2.05) is 0 Å². The second-order valence-electron chi connectivity index (χ2n) is 5.26. The Morgan fingerprint density at radius 2 is 2.22 bits per heavy atom. The van der Waals surface area contributed by atoms with Gasteiger partial charge in [-0.25, -0.2) is 0 Å². The smallest absolute Gasteiger partial charge is 0.0811 e. The molecule has 0 aromatic heterocycles. The molecule has 0 saturated carbocycles. The van der Waals surface area contributed by atoms with Crippen LogP contribution in [0.25, 0.3) is 0 Å². The van der Waals surface area contributed by atoms with Crippen LogP contribution in [-0.2, 0) is 0 Å². The van der Waals surface area contributed by atoms with Crippen molar-refractivity contribution in [3.8, 4) is 0 Å². The average Bonchev–Trinajstić information content (AvgIpc) is 2.34. The predicted octanol–water partition coefficient (Wildman–Crippen LogP) is 2.07. The number of rotatable bonds is 4. The lowest BCUT2D eigenvalue weighted by Crippen LogP contribution is -2.47. The van der Waals surface area contributed by atoms with E-state index in [0.717, 1.165) is 6.42 Å². The molecule has 0 radical (unpaired) electrons. The molecule has 0 fully saturated rings. The molecule has 0 bridgehead atoms. The van der Waals surface area contributed by atoms with Crippen LogP contribution in [0.1, 0.15) is 34.1 Å². The van der Waals surface area contributed by atoms with Crippen molar-refractivity contribution in [2.45, 2.75) is 46.3 Å². The summed E-state index contributed by atoms with van der Waals surface area (Å²) in [6, 6.07) is 0.274. The van der Waals surface area contributed by atoms with Gasteiger partial charge in [0.15, 0.2) is 0 Å². The Hall–Kier alpha value is -0.900. The molecule has 1 heterocycles. The van der Waals surface area contributed by atoms with Gasteiger partial charge < -0.3 is 11.5 Å². The van der Waals surface area contributed by atoms with Crippen molar-refractivity contribution < 1.29 is 0 Å². The minimum Gasteiger partial charge on any atom is -0.327 e. The van der Waals surface area contributed by atoms with Crippen LogP contribution in [0, 0.1) is 5.92 Å². The van der Waals surface area contributed by atoms with Gasteiger partial charge in [-0.3, -0.25) is 5.32 Å². The van der Waals surface area contributed by atoms with E-state index < -0.39 is 0 Å². The van der Waals surface area contributed by atoms with Gasteiger partial charge in [0.05, 0.1) is 6.17 Å². The highest BCUT2D eigenvalue weighted by Crippen LogP contribution is 2.20. The maximum Gasteiger partial charge on any atom is 0.0811 e. The molecule has 1 aliphatic rings. The summed E-state index contributed by atoms with van der Waals surface area (Å²) in [6.45, 7) is 9.19. The van der Waals surface area contributed by atoms with Gasteiger partial charge in [0.2, 0.25) is 0 Å². The van der Waals surface area contributed by atoms with Crippen molar-refractivity contribution in [1.82, 2.24) is 5.32 Å². The number of hydrogen-bond donors (Lipinski definition) is 3. The molecule has 3 atom stereocenters. The number of allylic oxidation sites excluding steroid dienone is 1. The van der Waals surface area contributed by atoms with E-state index in [4.69, 9.17) is 11.5 Å². The molecule has 0 spiro atoms. The average molecular weight is 249 g/mol. The second-order valence-corrected chi connectivity index (χ2v) is 5.26. The van der Waals surface area contributed by atoms with Crippen LogP contribution >= 0.6 is 0 Å². The minimum atomic E-state index is -0.0654. The van der Waals surface area contributed by atoms with Crippen LogP contribution in [-0.4, -0.2) is 18.8 Å². The van der Waals surface area contributed by atoms with Crippen LogP contribution in [0.5, 0.6) is 0 Å². The highest BCUT2D eigenvalue weighted by Gasteiger charge is 2.19. The van der Waals surface area contributed by atoms with Crippen LogP contribution in [0.2, 0.25) is 0 Å². The van der Waals surface area contributed by atoms with Crippen molar-refractivity contribution in [2.24, 2.45) is 17.4 Å². The van der Waals surface area contributed by atoms with Gasteiger partial charge in [0.1, 0.15) is 0 Å². The minimum absolute atomic E-state index is 0.0654. The third-order valence-corrected chi connectivity index (χ3v) is 3.48. The molecule has 3 nitrogen and oxygen atoms in total. The summed E-state index contributed by atoms with van der Waals surface area (Å²) >= 11 is 0. The molecular formula is C15H27N3. The van der Waals surface area contributed by atoms with Crippen LogP contribution in [0.3, 0.4) is 0 Å². The fourth-order valence-electron chi connectivity index (χ4n) is 1.98. The lowest BCUT2D eigenvalue weighted by atomic mass is 9.94. The third kappa shape index (κ3) is 4.09. The Balaban J connectivity index is 3.02. The van der Waals surface area contributed by atoms with Gasteiger partial charge in [-0.1, -0.05) is 44.1 Å². The van der Waals surface area contributed by atoms with E-state index in [1.54, 1.807) is 0 Å². The summed E-state index contributed by atoms with van der Waals surface area (Å²) in [4.78, 5) is 0. The van der Waals surface area contributed by atoms with Gasteiger partial charge in [0.25, 0.3) is 0 Å². The maximum absolute atomic E-state index is 6.13. The van der Waals surface area contributed by atoms with E-state index in [2.05, 4.69) is 51.2 Å². The van der Waals surface area contributed by atoms with Crippen LogP contribution < -0.4 is 16.8 Å². The van der Waals surface area contributed by atoms with Crippen LogP contribution in [0.4, 0.5) is 0 Å². The van der Waals surface area contributed by atoms with E-state index in [-0.39, 0.29) is 12.2 Å². The van der Waals surface area contributed by atoms with Crippen molar-refractivity contribution >= 4 is 0 Å². The molecule has 18 heavy (non-hydrogen) atoms. The van der Waals surface area contributed by atoms with Crippen molar-refractivity contribution in [3.63, 3.8) is 0 Å². The molecule has 0 aromatic rings. The quantitative estimate of drug-likeness (QED) is 0.714. The predicted molar refractivity (Wildman–Crippen MR) is 79.0 cm³/mol.